The molecule has 1 heterocycles. The summed E-state index contributed by atoms with van der Waals surface area (Å²) >= 11 is 0. The molecule has 0 bridgehead atoms. The minimum Gasteiger partial charge on any atom is -0.324 e. The maximum Gasteiger partial charge on any atom is 0.255 e. The van der Waals surface area contributed by atoms with Gasteiger partial charge in [0.1, 0.15) is 0 Å². The third-order valence-electron chi connectivity index (χ3n) is 3.85. The van der Waals surface area contributed by atoms with Crippen molar-refractivity contribution < 1.29 is 4.79 Å². The quantitative estimate of drug-likeness (QED) is 0.734. The fourth-order valence-electron chi connectivity index (χ4n) is 2.47. The van der Waals surface area contributed by atoms with Crippen molar-refractivity contribution in [3.8, 4) is 5.69 Å². The van der Waals surface area contributed by atoms with Crippen LogP contribution in [0.3, 0.4) is 0 Å². The predicted molar refractivity (Wildman–Crippen MR) is 94.3 cm³/mol. The highest BCUT2D eigenvalue weighted by Gasteiger charge is 2.08. The number of anilines is 1. The zero-order valence-corrected chi connectivity index (χ0v) is 13.4. The van der Waals surface area contributed by atoms with Gasteiger partial charge in [0.15, 0.2) is 0 Å². The van der Waals surface area contributed by atoms with E-state index in [1.807, 2.05) is 65.5 Å². The molecular formula is C20H20N2O. The zero-order chi connectivity index (χ0) is 16.2. The maximum atomic E-state index is 12.4. The molecule has 0 unspecified atom stereocenters. The van der Waals surface area contributed by atoms with E-state index in [2.05, 4.69) is 31.3 Å². The van der Waals surface area contributed by atoms with Gasteiger partial charge in [-0.05, 0) is 53.9 Å². The van der Waals surface area contributed by atoms with Crippen LogP contribution in [0.1, 0.15) is 35.7 Å². The lowest BCUT2D eigenvalue weighted by Crippen LogP contribution is -2.12. The Labute approximate surface area is 136 Å². The molecule has 0 saturated carbocycles. The van der Waals surface area contributed by atoms with Gasteiger partial charge >= 0.3 is 0 Å². The Balaban J connectivity index is 1.77. The van der Waals surface area contributed by atoms with Crippen LogP contribution in [0.15, 0.2) is 73.1 Å². The summed E-state index contributed by atoms with van der Waals surface area (Å²) in [5, 5.41) is 2.95. The molecule has 2 aromatic carbocycles. The van der Waals surface area contributed by atoms with Gasteiger partial charge in [-0.25, -0.2) is 0 Å². The molecule has 1 amide bonds. The molecule has 0 radical (unpaired) electrons. The van der Waals surface area contributed by atoms with Crippen molar-refractivity contribution in [1.29, 1.82) is 0 Å². The van der Waals surface area contributed by atoms with Crippen LogP contribution in [0.5, 0.6) is 0 Å². The minimum atomic E-state index is -0.101. The van der Waals surface area contributed by atoms with Crippen molar-refractivity contribution in [2.45, 2.75) is 19.8 Å². The number of rotatable bonds is 4. The van der Waals surface area contributed by atoms with Gasteiger partial charge in [-0.15, -0.1) is 0 Å². The van der Waals surface area contributed by atoms with E-state index in [-0.39, 0.29) is 5.91 Å². The van der Waals surface area contributed by atoms with Gasteiger partial charge in [0, 0.05) is 29.3 Å². The Hall–Kier alpha value is -2.81. The van der Waals surface area contributed by atoms with Gasteiger partial charge in [-0.1, -0.05) is 32.0 Å². The number of amides is 1. The first-order chi connectivity index (χ1) is 11.1. The topological polar surface area (TPSA) is 34.0 Å². The van der Waals surface area contributed by atoms with E-state index in [4.69, 9.17) is 0 Å². The number of aromatic nitrogens is 1. The molecule has 23 heavy (non-hydrogen) atoms. The Morgan fingerprint density at radius 1 is 0.957 bits per heavy atom. The molecule has 0 aliphatic carbocycles. The lowest BCUT2D eigenvalue weighted by Gasteiger charge is -2.09. The molecule has 3 heteroatoms. The molecule has 0 aliphatic heterocycles. The van der Waals surface area contributed by atoms with Crippen LogP contribution in [0.25, 0.3) is 5.69 Å². The molecule has 116 valence electrons. The summed E-state index contributed by atoms with van der Waals surface area (Å²) < 4.78 is 1.98. The standard InChI is InChI=1S/C20H20N2O/c1-15(2)16-8-10-18(11-9-16)21-20(23)17-6-5-7-19(14-17)22-12-3-4-13-22/h3-15H,1-2H3,(H,21,23). The first-order valence-electron chi connectivity index (χ1n) is 7.78. The first kappa shape index (κ1) is 15.1. The van der Waals surface area contributed by atoms with E-state index >= 15 is 0 Å². The van der Waals surface area contributed by atoms with E-state index < -0.39 is 0 Å². The molecule has 0 saturated heterocycles. The molecule has 3 rings (SSSR count). The predicted octanol–water partition coefficient (Wildman–Crippen LogP) is 4.85. The number of benzene rings is 2. The zero-order valence-electron chi connectivity index (χ0n) is 13.4. The van der Waals surface area contributed by atoms with Gasteiger partial charge in [0.05, 0.1) is 0 Å². The minimum absolute atomic E-state index is 0.101. The van der Waals surface area contributed by atoms with Crippen LogP contribution in [0, 0.1) is 0 Å². The second kappa shape index (κ2) is 6.53. The smallest absolute Gasteiger partial charge is 0.255 e. The van der Waals surface area contributed by atoms with Crippen molar-refractivity contribution in [3.63, 3.8) is 0 Å². The average Bonchev–Trinajstić information content (AvgIpc) is 3.10. The summed E-state index contributed by atoms with van der Waals surface area (Å²) in [5.41, 5.74) is 3.69. The van der Waals surface area contributed by atoms with Crippen molar-refractivity contribution in [2.24, 2.45) is 0 Å². The second-order valence-electron chi connectivity index (χ2n) is 5.87. The van der Waals surface area contributed by atoms with E-state index in [1.165, 1.54) is 5.56 Å². The monoisotopic (exact) mass is 304 g/mol. The normalized spacial score (nSPS) is 10.7. The Kier molecular flexibility index (Phi) is 4.29. The molecular weight excluding hydrogens is 284 g/mol. The molecule has 3 aromatic rings. The molecule has 0 spiro atoms. The molecule has 0 atom stereocenters. The number of nitrogens with zero attached hydrogens (tertiary/aromatic N) is 1. The van der Waals surface area contributed by atoms with Crippen LogP contribution >= 0.6 is 0 Å². The van der Waals surface area contributed by atoms with Crippen molar-refractivity contribution in [2.75, 3.05) is 5.32 Å². The molecule has 1 aromatic heterocycles. The number of hydrogen-bond acceptors (Lipinski definition) is 1. The SMILES string of the molecule is CC(C)c1ccc(NC(=O)c2cccc(-n3cccc3)c2)cc1. The highest BCUT2D eigenvalue weighted by Crippen LogP contribution is 2.18. The van der Waals surface area contributed by atoms with E-state index in [0.717, 1.165) is 11.4 Å². The molecule has 0 aliphatic rings. The summed E-state index contributed by atoms with van der Waals surface area (Å²) in [6, 6.07) is 19.5. The van der Waals surface area contributed by atoms with Crippen molar-refractivity contribution in [1.82, 2.24) is 4.57 Å². The van der Waals surface area contributed by atoms with Crippen LogP contribution in [0.4, 0.5) is 5.69 Å². The Morgan fingerprint density at radius 2 is 1.65 bits per heavy atom. The number of carbonyl (C=O) groups is 1. The van der Waals surface area contributed by atoms with Gasteiger partial charge in [0.2, 0.25) is 0 Å². The maximum absolute atomic E-state index is 12.4. The van der Waals surface area contributed by atoms with E-state index in [1.54, 1.807) is 0 Å². The Morgan fingerprint density at radius 3 is 2.30 bits per heavy atom. The summed E-state index contributed by atoms with van der Waals surface area (Å²) in [4.78, 5) is 12.4. The lowest BCUT2D eigenvalue weighted by atomic mass is 10.0. The number of hydrogen-bond donors (Lipinski definition) is 1. The third-order valence-corrected chi connectivity index (χ3v) is 3.85. The Bertz CT molecular complexity index is 787. The fraction of sp³-hybridized carbons (Fsp3) is 0.150. The van der Waals surface area contributed by atoms with Gasteiger partial charge < -0.3 is 9.88 Å². The molecule has 3 nitrogen and oxygen atoms in total. The number of carbonyl (C=O) groups excluding carboxylic acids is 1. The highest BCUT2D eigenvalue weighted by molar-refractivity contribution is 6.04. The van der Waals surface area contributed by atoms with E-state index in [9.17, 15) is 4.79 Å². The average molecular weight is 304 g/mol. The van der Waals surface area contributed by atoms with Crippen LogP contribution in [-0.2, 0) is 0 Å². The lowest BCUT2D eigenvalue weighted by molar-refractivity contribution is 0.102. The summed E-state index contributed by atoms with van der Waals surface area (Å²) in [7, 11) is 0. The van der Waals surface area contributed by atoms with Crippen LogP contribution in [-0.4, -0.2) is 10.5 Å². The van der Waals surface area contributed by atoms with Gasteiger partial charge in [0.25, 0.3) is 5.91 Å². The van der Waals surface area contributed by atoms with Gasteiger partial charge in [-0.2, -0.15) is 0 Å². The molecule has 0 fully saturated rings. The van der Waals surface area contributed by atoms with Crippen LogP contribution in [0.2, 0.25) is 0 Å². The summed E-state index contributed by atoms with van der Waals surface area (Å²) in [5.74, 6) is 0.384. The van der Waals surface area contributed by atoms with Crippen LogP contribution < -0.4 is 5.32 Å². The highest BCUT2D eigenvalue weighted by atomic mass is 16.1. The number of nitrogens with one attached hydrogen (secondary N) is 1. The largest absolute Gasteiger partial charge is 0.324 e. The van der Waals surface area contributed by atoms with Gasteiger partial charge in [-0.3, -0.25) is 4.79 Å². The summed E-state index contributed by atoms with van der Waals surface area (Å²) in [6.07, 6.45) is 3.92. The molecule has 1 N–H and O–H groups in total. The van der Waals surface area contributed by atoms with Crippen molar-refractivity contribution in [3.05, 3.63) is 84.2 Å². The summed E-state index contributed by atoms with van der Waals surface area (Å²) in [6.45, 7) is 4.31. The van der Waals surface area contributed by atoms with E-state index in [0.29, 0.717) is 11.5 Å². The fourth-order valence-corrected chi connectivity index (χ4v) is 2.47. The second-order valence-corrected chi connectivity index (χ2v) is 5.87. The first-order valence-corrected chi connectivity index (χ1v) is 7.78. The third kappa shape index (κ3) is 3.51. The van der Waals surface area contributed by atoms with Crippen molar-refractivity contribution >= 4 is 11.6 Å².